The van der Waals surface area contributed by atoms with E-state index in [1.54, 1.807) is 0 Å². The number of carbonyl (C=O) groups excluding carboxylic acids is 2. The fraction of sp³-hybridized carbons (Fsp3) is 0.368. The molecule has 1 atom stereocenters. The zero-order valence-electron chi connectivity index (χ0n) is 14.6. The second-order valence-corrected chi connectivity index (χ2v) is 6.38. The highest BCUT2D eigenvalue weighted by atomic mass is 16.3. The molecule has 6 heteroatoms. The Morgan fingerprint density at radius 1 is 0.960 bits per heavy atom. The van der Waals surface area contributed by atoms with Crippen LogP contribution in [0.1, 0.15) is 25.5 Å². The van der Waals surface area contributed by atoms with Gasteiger partial charge in [0.2, 0.25) is 5.91 Å². The van der Waals surface area contributed by atoms with Gasteiger partial charge in [0.1, 0.15) is 0 Å². The first-order valence-corrected chi connectivity index (χ1v) is 8.41. The summed E-state index contributed by atoms with van der Waals surface area (Å²) < 4.78 is 0. The van der Waals surface area contributed by atoms with E-state index in [4.69, 9.17) is 0 Å². The van der Waals surface area contributed by atoms with Gasteiger partial charge < -0.3 is 21.1 Å². The average molecular weight is 343 g/mol. The van der Waals surface area contributed by atoms with Crippen LogP contribution in [0, 0.1) is 5.92 Å². The van der Waals surface area contributed by atoms with Crippen molar-refractivity contribution in [3.63, 3.8) is 0 Å². The molecule has 3 amide bonds. The summed E-state index contributed by atoms with van der Waals surface area (Å²) in [6.45, 7) is 4.54. The fourth-order valence-electron chi connectivity index (χ4n) is 2.33. The molecule has 134 valence electrons. The van der Waals surface area contributed by atoms with Crippen LogP contribution < -0.4 is 16.0 Å². The summed E-state index contributed by atoms with van der Waals surface area (Å²) in [7, 11) is 0. The lowest BCUT2D eigenvalue weighted by Gasteiger charge is -2.14. The molecule has 0 spiro atoms. The molecule has 0 aliphatic carbocycles. The van der Waals surface area contributed by atoms with Crippen LogP contribution in [0.5, 0.6) is 0 Å². The Hall–Kier alpha value is -2.60. The third-order valence-electron chi connectivity index (χ3n) is 3.73. The Kier molecular flexibility index (Phi) is 6.77. The van der Waals surface area contributed by atoms with Gasteiger partial charge in [0.25, 0.3) is 0 Å². The van der Waals surface area contributed by atoms with Crippen molar-refractivity contribution in [1.82, 2.24) is 16.0 Å². The van der Waals surface area contributed by atoms with Gasteiger partial charge in [-0.25, -0.2) is 4.79 Å². The Balaban J connectivity index is 1.77. The summed E-state index contributed by atoms with van der Waals surface area (Å²) in [6, 6.07) is 13.1. The quantitative estimate of drug-likeness (QED) is 0.619. The number of rotatable bonds is 7. The first-order valence-electron chi connectivity index (χ1n) is 8.41. The van der Waals surface area contributed by atoms with Gasteiger partial charge in [-0.15, -0.1) is 0 Å². The highest BCUT2D eigenvalue weighted by Crippen LogP contribution is 2.19. The van der Waals surface area contributed by atoms with Crippen molar-refractivity contribution >= 4 is 22.7 Å². The van der Waals surface area contributed by atoms with Crippen molar-refractivity contribution in [3.8, 4) is 0 Å². The standard InChI is InChI=1S/C19H25N3O3/c1-13(2)10-20-18(24)12-22-19(25)21-11-17(23)16-8-7-14-5-3-4-6-15(14)9-16/h3-9,13,17,23H,10-12H2,1-2H3,(H,20,24)(H2,21,22,25)/t17-/m0/s1. The number of aliphatic hydroxyl groups is 1. The SMILES string of the molecule is CC(C)CNC(=O)CNC(=O)NC[C@H](O)c1ccc2ccccc2c1. The molecule has 2 rings (SSSR count). The second-order valence-electron chi connectivity index (χ2n) is 6.38. The zero-order valence-corrected chi connectivity index (χ0v) is 14.6. The molecular weight excluding hydrogens is 318 g/mol. The van der Waals surface area contributed by atoms with Crippen LogP contribution in [0.3, 0.4) is 0 Å². The number of aliphatic hydroxyl groups excluding tert-OH is 1. The monoisotopic (exact) mass is 343 g/mol. The van der Waals surface area contributed by atoms with E-state index >= 15 is 0 Å². The van der Waals surface area contributed by atoms with Crippen LogP contribution in [0.2, 0.25) is 0 Å². The molecular formula is C19H25N3O3. The van der Waals surface area contributed by atoms with Crippen LogP contribution in [0.15, 0.2) is 42.5 Å². The first kappa shape index (κ1) is 18.7. The van der Waals surface area contributed by atoms with E-state index in [9.17, 15) is 14.7 Å². The number of benzene rings is 2. The second kappa shape index (κ2) is 9.03. The molecule has 0 aliphatic rings. The minimum Gasteiger partial charge on any atom is -0.387 e. The summed E-state index contributed by atoms with van der Waals surface area (Å²) >= 11 is 0. The number of nitrogens with one attached hydrogen (secondary N) is 3. The molecule has 0 saturated heterocycles. The molecule has 0 aliphatic heterocycles. The van der Waals surface area contributed by atoms with Crippen LogP contribution in [0.4, 0.5) is 4.79 Å². The van der Waals surface area contributed by atoms with Gasteiger partial charge in [0, 0.05) is 13.1 Å². The minimum atomic E-state index is -0.815. The van der Waals surface area contributed by atoms with Crippen LogP contribution in [-0.2, 0) is 4.79 Å². The van der Waals surface area contributed by atoms with Gasteiger partial charge in [-0.05, 0) is 28.3 Å². The molecule has 2 aromatic carbocycles. The maximum atomic E-state index is 11.7. The lowest BCUT2D eigenvalue weighted by Crippen LogP contribution is -2.43. The summed E-state index contributed by atoms with van der Waals surface area (Å²) in [5.41, 5.74) is 0.730. The number of carbonyl (C=O) groups is 2. The molecule has 0 saturated carbocycles. The zero-order chi connectivity index (χ0) is 18.2. The Labute approximate surface area is 147 Å². The number of fused-ring (bicyclic) bond motifs is 1. The molecule has 25 heavy (non-hydrogen) atoms. The van der Waals surface area contributed by atoms with Gasteiger partial charge in [0.15, 0.2) is 0 Å². The van der Waals surface area contributed by atoms with E-state index in [1.165, 1.54) is 0 Å². The lowest BCUT2D eigenvalue weighted by atomic mass is 10.0. The van der Waals surface area contributed by atoms with Crippen molar-refractivity contribution in [2.24, 2.45) is 5.92 Å². The highest BCUT2D eigenvalue weighted by Gasteiger charge is 2.11. The normalized spacial score (nSPS) is 12.0. The van der Waals surface area contributed by atoms with E-state index in [0.717, 1.165) is 16.3 Å². The highest BCUT2D eigenvalue weighted by molar-refractivity contribution is 5.84. The number of urea groups is 1. The summed E-state index contributed by atoms with van der Waals surface area (Å²) in [4.78, 5) is 23.3. The maximum Gasteiger partial charge on any atom is 0.315 e. The predicted molar refractivity (Wildman–Crippen MR) is 98.2 cm³/mol. The molecule has 2 aromatic rings. The largest absolute Gasteiger partial charge is 0.387 e. The smallest absolute Gasteiger partial charge is 0.315 e. The van der Waals surface area contributed by atoms with Gasteiger partial charge in [-0.1, -0.05) is 50.2 Å². The summed E-state index contributed by atoms with van der Waals surface area (Å²) in [6.07, 6.45) is -0.815. The summed E-state index contributed by atoms with van der Waals surface area (Å²) in [5.74, 6) is 0.119. The lowest BCUT2D eigenvalue weighted by molar-refractivity contribution is -0.120. The van der Waals surface area contributed by atoms with Crippen LogP contribution in [0.25, 0.3) is 10.8 Å². The van der Waals surface area contributed by atoms with Crippen LogP contribution in [-0.4, -0.2) is 36.7 Å². The number of hydrogen-bond acceptors (Lipinski definition) is 3. The van der Waals surface area contributed by atoms with Crippen LogP contribution >= 0.6 is 0 Å². The first-order chi connectivity index (χ1) is 12.0. The molecule has 4 N–H and O–H groups in total. The predicted octanol–water partition coefficient (Wildman–Crippen LogP) is 1.94. The van der Waals surface area contributed by atoms with E-state index in [1.807, 2.05) is 56.3 Å². The van der Waals surface area contributed by atoms with E-state index in [2.05, 4.69) is 16.0 Å². The Bertz CT molecular complexity index is 731. The molecule has 0 unspecified atom stereocenters. The van der Waals surface area contributed by atoms with Crippen molar-refractivity contribution in [2.45, 2.75) is 20.0 Å². The topological polar surface area (TPSA) is 90.5 Å². The van der Waals surface area contributed by atoms with Crippen molar-refractivity contribution in [3.05, 3.63) is 48.0 Å². The number of amides is 3. The Morgan fingerprint density at radius 2 is 1.68 bits per heavy atom. The molecule has 0 fully saturated rings. The minimum absolute atomic E-state index is 0.0672. The third-order valence-corrected chi connectivity index (χ3v) is 3.73. The van der Waals surface area contributed by atoms with Gasteiger partial charge in [-0.3, -0.25) is 4.79 Å². The maximum absolute atomic E-state index is 11.7. The molecule has 0 bridgehead atoms. The molecule has 6 nitrogen and oxygen atoms in total. The van der Waals surface area contributed by atoms with E-state index in [-0.39, 0.29) is 19.0 Å². The summed E-state index contributed by atoms with van der Waals surface area (Å²) in [5, 5.41) is 20.1. The molecule has 0 heterocycles. The molecule has 0 aromatic heterocycles. The Morgan fingerprint density at radius 3 is 2.40 bits per heavy atom. The van der Waals surface area contributed by atoms with Gasteiger partial charge in [-0.2, -0.15) is 0 Å². The fourth-order valence-corrected chi connectivity index (χ4v) is 2.33. The number of hydrogen-bond donors (Lipinski definition) is 4. The average Bonchev–Trinajstić information content (AvgIpc) is 2.62. The third kappa shape index (κ3) is 6.08. The van der Waals surface area contributed by atoms with Crippen molar-refractivity contribution in [2.75, 3.05) is 19.6 Å². The van der Waals surface area contributed by atoms with E-state index in [0.29, 0.717) is 12.5 Å². The van der Waals surface area contributed by atoms with Crippen molar-refractivity contribution < 1.29 is 14.7 Å². The van der Waals surface area contributed by atoms with E-state index < -0.39 is 12.1 Å². The molecule has 0 radical (unpaired) electrons. The van der Waals surface area contributed by atoms with Gasteiger partial charge >= 0.3 is 6.03 Å². The van der Waals surface area contributed by atoms with Gasteiger partial charge in [0.05, 0.1) is 12.6 Å². The van der Waals surface area contributed by atoms with Crippen molar-refractivity contribution in [1.29, 1.82) is 0 Å².